The summed E-state index contributed by atoms with van der Waals surface area (Å²) in [6, 6.07) is 1.62. The van der Waals surface area contributed by atoms with E-state index in [2.05, 4.69) is 19.2 Å². The van der Waals surface area contributed by atoms with Crippen LogP contribution in [0.15, 0.2) is 0 Å². The van der Waals surface area contributed by atoms with E-state index in [9.17, 15) is 0 Å². The van der Waals surface area contributed by atoms with Gasteiger partial charge in [-0.1, -0.05) is 13.3 Å². The predicted octanol–water partition coefficient (Wildman–Crippen LogP) is 2.56. The van der Waals surface area contributed by atoms with Gasteiger partial charge in [-0.25, -0.2) is 0 Å². The molecule has 1 saturated heterocycles. The first kappa shape index (κ1) is 8.55. The summed E-state index contributed by atoms with van der Waals surface area (Å²) < 4.78 is 0. The van der Waals surface area contributed by atoms with Gasteiger partial charge in [0.05, 0.1) is 0 Å². The van der Waals surface area contributed by atoms with Gasteiger partial charge in [-0.15, -0.1) is 0 Å². The fourth-order valence-electron chi connectivity index (χ4n) is 3.03. The Kier molecular flexibility index (Phi) is 2.40. The van der Waals surface area contributed by atoms with Crippen LogP contribution in [0.2, 0.25) is 0 Å². The second kappa shape index (κ2) is 3.37. The number of nitrogens with one attached hydrogen (secondary N) is 1. The molecule has 70 valence electrons. The van der Waals surface area contributed by atoms with Crippen LogP contribution in [0.4, 0.5) is 0 Å². The second-order valence-corrected chi connectivity index (χ2v) is 4.84. The summed E-state index contributed by atoms with van der Waals surface area (Å²) in [6.07, 6.45) is 7.27. The SMILES string of the molecule is C[C@@H]1CC[C@@H]2CCC[C@@H](C)[C@H]2N1. The Balaban J connectivity index is 2.00. The minimum absolute atomic E-state index is 0.770. The highest BCUT2D eigenvalue weighted by molar-refractivity contribution is 4.90. The Hall–Kier alpha value is -0.0400. The van der Waals surface area contributed by atoms with Crippen LogP contribution in [0.1, 0.15) is 46.0 Å². The largest absolute Gasteiger partial charge is 0.311 e. The topological polar surface area (TPSA) is 12.0 Å². The van der Waals surface area contributed by atoms with Gasteiger partial charge in [0.15, 0.2) is 0 Å². The molecule has 1 aliphatic carbocycles. The number of piperidine rings is 1. The standard InChI is InChI=1S/C11H21N/c1-8-4-3-5-10-7-6-9(2)12-11(8)10/h8-12H,3-7H2,1-2H3/t8-,9-,10+,11-/m1/s1. The lowest BCUT2D eigenvalue weighted by Gasteiger charge is -2.43. The number of fused-ring (bicyclic) bond motifs is 1. The first-order valence-corrected chi connectivity index (χ1v) is 5.53. The van der Waals surface area contributed by atoms with E-state index in [0.29, 0.717) is 0 Å². The van der Waals surface area contributed by atoms with Crippen molar-refractivity contribution in [3.8, 4) is 0 Å². The minimum Gasteiger partial charge on any atom is -0.311 e. The molecule has 0 aromatic carbocycles. The lowest BCUT2D eigenvalue weighted by Crippen LogP contribution is -2.51. The van der Waals surface area contributed by atoms with Crippen molar-refractivity contribution < 1.29 is 0 Å². The zero-order valence-electron chi connectivity index (χ0n) is 8.34. The first-order chi connectivity index (χ1) is 5.77. The van der Waals surface area contributed by atoms with Crippen molar-refractivity contribution in [1.29, 1.82) is 0 Å². The van der Waals surface area contributed by atoms with Crippen molar-refractivity contribution in [2.24, 2.45) is 11.8 Å². The molecule has 2 rings (SSSR count). The maximum atomic E-state index is 3.77. The Bertz CT molecular complexity index is 155. The molecule has 1 N–H and O–H groups in total. The average molecular weight is 167 g/mol. The summed E-state index contributed by atoms with van der Waals surface area (Å²) in [6.45, 7) is 4.75. The summed E-state index contributed by atoms with van der Waals surface area (Å²) in [4.78, 5) is 0. The molecular formula is C11H21N. The maximum Gasteiger partial charge on any atom is 0.0123 e. The van der Waals surface area contributed by atoms with Crippen molar-refractivity contribution in [3.63, 3.8) is 0 Å². The summed E-state index contributed by atoms with van der Waals surface area (Å²) in [5.74, 6) is 1.93. The van der Waals surface area contributed by atoms with Crippen molar-refractivity contribution in [3.05, 3.63) is 0 Å². The summed E-state index contributed by atoms with van der Waals surface area (Å²) in [5, 5.41) is 3.77. The molecule has 0 radical (unpaired) electrons. The lowest BCUT2D eigenvalue weighted by molar-refractivity contribution is 0.134. The summed E-state index contributed by atoms with van der Waals surface area (Å²) in [7, 11) is 0. The molecule has 0 spiro atoms. The second-order valence-electron chi connectivity index (χ2n) is 4.84. The van der Waals surface area contributed by atoms with Gasteiger partial charge in [-0.3, -0.25) is 0 Å². The molecule has 1 nitrogen and oxygen atoms in total. The fraction of sp³-hybridized carbons (Fsp3) is 1.00. The molecule has 4 atom stereocenters. The van der Waals surface area contributed by atoms with Gasteiger partial charge >= 0.3 is 0 Å². The van der Waals surface area contributed by atoms with Gasteiger partial charge in [-0.2, -0.15) is 0 Å². The maximum absolute atomic E-state index is 3.77. The van der Waals surface area contributed by atoms with Crippen molar-refractivity contribution in [2.75, 3.05) is 0 Å². The Morgan fingerprint density at radius 1 is 1.00 bits per heavy atom. The van der Waals surface area contributed by atoms with Crippen LogP contribution in [0.3, 0.4) is 0 Å². The van der Waals surface area contributed by atoms with Crippen LogP contribution in [-0.4, -0.2) is 12.1 Å². The van der Waals surface area contributed by atoms with E-state index in [1.165, 1.54) is 32.1 Å². The Labute approximate surface area is 75.9 Å². The van der Waals surface area contributed by atoms with Gasteiger partial charge in [0.2, 0.25) is 0 Å². The molecule has 2 aliphatic rings. The van der Waals surface area contributed by atoms with Crippen molar-refractivity contribution in [2.45, 2.75) is 58.0 Å². The first-order valence-electron chi connectivity index (χ1n) is 5.53. The van der Waals surface area contributed by atoms with Crippen LogP contribution in [0.25, 0.3) is 0 Å². The highest BCUT2D eigenvalue weighted by atomic mass is 15.0. The van der Waals surface area contributed by atoms with E-state index in [-0.39, 0.29) is 0 Å². The molecule has 2 fully saturated rings. The number of hydrogen-bond donors (Lipinski definition) is 1. The average Bonchev–Trinajstić information content (AvgIpc) is 2.07. The highest BCUT2D eigenvalue weighted by Gasteiger charge is 2.34. The fourth-order valence-corrected chi connectivity index (χ4v) is 3.03. The van der Waals surface area contributed by atoms with Gasteiger partial charge in [0.1, 0.15) is 0 Å². The molecule has 12 heavy (non-hydrogen) atoms. The molecule has 0 amide bonds. The Morgan fingerprint density at radius 2 is 1.83 bits per heavy atom. The summed E-state index contributed by atoms with van der Waals surface area (Å²) >= 11 is 0. The van der Waals surface area contributed by atoms with E-state index in [4.69, 9.17) is 0 Å². The van der Waals surface area contributed by atoms with E-state index in [1.54, 1.807) is 0 Å². The zero-order chi connectivity index (χ0) is 8.55. The molecule has 1 saturated carbocycles. The third-order valence-electron chi connectivity index (χ3n) is 3.80. The lowest BCUT2D eigenvalue weighted by atomic mass is 9.73. The third kappa shape index (κ3) is 1.52. The summed E-state index contributed by atoms with van der Waals surface area (Å²) in [5.41, 5.74) is 0. The van der Waals surface area contributed by atoms with Crippen LogP contribution < -0.4 is 5.32 Å². The molecule has 1 heteroatoms. The van der Waals surface area contributed by atoms with Crippen molar-refractivity contribution >= 4 is 0 Å². The van der Waals surface area contributed by atoms with Crippen LogP contribution in [-0.2, 0) is 0 Å². The quantitative estimate of drug-likeness (QED) is 0.584. The molecule has 1 aliphatic heterocycles. The van der Waals surface area contributed by atoms with Gasteiger partial charge < -0.3 is 5.32 Å². The van der Waals surface area contributed by atoms with Gasteiger partial charge in [0.25, 0.3) is 0 Å². The van der Waals surface area contributed by atoms with E-state index in [1.807, 2.05) is 0 Å². The van der Waals surface area contributed by atoms with E-state index >= 15 is 0 Å². The van der Waals surface area contributed by atoms with E-state index in [0.717, 1.165) is 23.9 Å². The molecular weight excluding hydrogens is 146 g/mol. The van der Waals surface area contributed by atoms with Crippen LogP contribution in [0.5, 0.6) is 0 Å². The molecule has 0 bridgehead atoms. The minimum atomic E-state index is 0.770. The molecule has 1 heterocycles. The normalized spacial score (nSPS) is 48.5. The van der Waals surface area contributed by atoms with Gasteiger partial charge in [0, 0.05) is 12.1 Å². The Morgan fingerprint density at radius 3 is 2.67 bits per heavy atom. The zero-order valence-corrected chi connectivity index (χ0v) is 8.34. The predicted molar refractivity (Wildman–Crippen MR) is 52.1 cm³/mol. The van der Waals surface area contributed by atoms with Crippen LogP contribution >= 0.6 is 0 Å². The molecule has 0 unspecified atom stereocenters. The smallest absolute Gasteiger partial charge is 0.0123 e. The van der Waals surface area contributed by atoms with E-state index < -0.39 is 0 Å². The number of hydrogen-bond acceptors (Lipinski definition) is 1. The third-order valence-corrected chi connectivity index (χ3v) is 3.80. The molecule has 0 aromatic heterocycles. The number of rotatable bonds is 0. The van der Waals surface area contributed by atoms with Gasteiger partial charge in [-0.05, 0) is 44.4 Å². The van der Waals surface area contributed by atoms with Crippen LogP contribution in [0, 0.1) is 11.8 Å². The van der Waals surface area contributed by atoms with Crippen molar-refractivity contribution in [1.82, 2.24) is 5.32 Å². The molecule has 0 aromatic rings. The monoisotopic (exact) mass is 167 g/mol. The highest BCUT2D eigenvalue weighted by Crippen LogP contribution is 2.35.